The van der Waals surface area contributed by atoms with Crippen molar-refractivity contribution in [2.45, 2.75) is 37.1 Å². The third-order valence-electron chi connectivity index (χ3n) is 5.18. The van der Waals surface area contributed by atoms with Gasteiger partial charge >= 0.3 is 0 Å². The van der Waals surface area contributed by atoms with Crippen molar-refractivity contribution in [3.05, 3.63) is 69.9 Å². The number of benzene rings is 2. The second-order valence-electron chi connectivity index (χ2n) is 7.15. The first-order valence-corrected chi connectivity index (χ1v) is 12.2. The van der Waals surface area contributed by atoms with E-state index in [-0.39, 0.29) is 15.6 Å². The molecule has 0 aliphatic carbocycles. The Hall–Kier alpha value is -2.69. The van der Waals surface area contributed by atoms with Gasteiger partial charge < -0.3 is 5.32 Å². The van der Waals surface area contributed by atoms with E-state index in [9.17, 15) is 17.6 Å². The second kappa shape index (κ2) is 8.81. The highest BCUT2D eigenvalue weighted by molar-refractivity contribution is 7.89. The molecule has 1 amide bonds. The Morgan fingerprint density at radius 1 is 1.19 bits per heavy atom. The van der Waals surface area contributed by atoms with Gasteiger partial charge in [-0.3, -0.25) is 4.79 Å². The molecule has 0 saturated carbocycles. The first kappa shape index (κ1) is 21.5. The standard InChI is InChI=1S/C21H21FN4O3S2/c1-2-14-9-11-15(12-10-14)31(28,29)26-13-5-8-18(26)20-24-25-21(30-20)19(27)23-17-7-4-3-6-16(17)22/h3-4,6-7,9-12,18H,2,5,8,13H2,1H3,(H,23,27)/t18-/m1/s1. The summed E-state index contributed by atoms with van der Waals surface area (Å²) in [6, 6.07) is 12.2. The van der Waals surface area contributed by atoms with Crippen LogP contribution in [0.25, 0.3) is 0 Å². The van der Waals surface area contributed by atoms with Crippen molar-refractivity contribution < 1.29 is 17.6 Å². The summed E-state index contributed by atoms with van der Waals surface area (Å²) in [4.78, 5) is 12.7. The topological polar surface area (TPSA) is 92.3 Å². The second-order valence-corrected chi connectivity index (χ2v) is 10.1. The lowest BCUT2D eigenvalue weighted by atomic mass is 10.2. The maximum Gasteiger partial charge on any atom is 0.286 e. The molecule has 2 heterocycles. The molecule has 0 bridgehead atoms. The summed E-state index contributed by atoms with van der Waals surface area (Å²) in [6.07, 6.45) is 2.11. The Morgan fingerprint density at radius 3 is 2.65 bits per heavy atom. The first-order valence-electron chi connectivity index (χ1n) is 9.90. The van der Waals surface area contributed by atoms with Gasteiger partial charge in [-0.15, -0.1) is 10.2 Å². The number of aryl methyl sites for hydroxylation is 1. The number of rotatable bonds is 6. The summed E-state index contributed by atoms with van der Waals surface area (Å²) in [7, 11) is -3.70. The lowest BCUT2D eigenvalue weighted by Crippen LogP contribution is -2.30. The van der Waals surface area contributed by atoms with Crippen molar-refractivity contribution in [1.29, 1.82) is 0 Å². The van der Waals surface area contributed by atoms with E-state index in [2.05, 4.69) is 15.5 Å². The minimum atomic E-state index is -3.70. The highest BCUT2D eigenvalue weighted by Gasteiger charge is 2.38. The number of sulfonamides is 1. The molecule has 3 aromatic rings. The van der Waals surface area contributed by atoms with Gasteiger partial charge in [-0.1, -0.05) is 42.5 Å². The number of hydrogen-bond donors (Lipinski definition) is 1. The van der Waals surface area contributed by atoms with Crippen molar-refractivity contribution in [3.63, 3.8) is 0 Å². The van der Waals surface area contributed by atoms with E-state index in [1.807, 2.05) is 19.1 Å². The van der Waals surface area contributed by atoms with Gasteiger partial charge in [-0.05, 0) is 49.1 Å². The fourth-order valence-corrected chi connectivity index (χ4v) is 6.12. The van der Waals surface area contributed by atoms with Crippen LogP contribution in [-0.2, 0) is 16.4 Å². The fraction of sp³-hybridized carbons (Fsp3) is 0.286. The largest absolute Gasteiger partial charge is 0.317 e. The minimum absolute atomic E-state index is 0.0462. The molecule has 1 N–H and O–H groups in total. The third-order valence-corrected chi connectivity index (χ3v) is 8.13. The van der Waals surface area contributed by atoms with E-state index in [4.69, 9.17) is 0 Å². The normalized spacial score (nSPS) is 17.0. The summed E-state index contributed by atoms with van der Waals surface area (Å²) >= 11 is 1.02. The smallest absolute Gasteiger partial charge is 0.286 e. The van der Waals surface area contributed by atoms with Crippen LogP contribution in [0.4, 0.5) is 10.1 Å². The minimum Gasteiger partial charge on any atom is -0.317 e. The average molecular weight is 461 g/mol. The van der Waals surface area contributed by atoms with E-state index in [0.29, 0.717) is 24.4 Å². The molecule has 1 aromatic heterocycles. The molecule has 162 valence electrons. The molecular formula is C21H21FN4O3S2. The number of amides is 1. The van der Waals surface area contributed by atoms with Crippen LogP contribution >= 0.6 is 11.3 Å². The molecule has 2 aromatic carbocycles. The number of nitrogens with zero attached hydrogens (tertiary/aromatic N) is 3. The van der Waals surface area contributed by atoms with Gasteiger partial charge in [-0.2, -0.15) is 4.31 Å². The molecule has 7 nitrogen and oxygen atoms in total. The molecule has 1 aliphatic heterocycles. The molecule has 1 saturated heterocycles. The average Bonchev–Trinajstić information content (AvgIpc) is 3.45. The molecule has 0 radical (unpaired) electrons. The molecule has 4 rings (SSSR count). The van der Waals surface area contributed by atoms with Crippen LogP contribution in [0.1, 0.15) is 46.2 Å². The Kier molecular flexibility index (Phi) is 6.12. The van der Waals surface area contributed by atoms with Crippen molar-refractivity contribution in [2.75, 3.05) is 11.9 Å². The maximum atomic E-state index is 13.8. The Morgan fingerprint density at radius 2 is 1.94 bits per heavy atom. The Balaban J connectivity index is 1.54. The van der Waals surface area contributed by atoms with Crippen LogP contribution in [0, 0.1) is 5.82 Å². The van der Waals surface area contributed by atoms with E-state index in [1.54, 1.807) is 18.2 Å². The van der Waals surface area contributed by atoms with Crippen molar-refractivity contribution in [1.82, 2.24) is 14.5 Å². The zero-order chi connectivity index (χ0) is 22.0. The number of carbonyl (C=O) groups excluding carboxylic acids is 1. The summed E-state index contributed by atoms with van der Waals surface area (Å²) in [5, 5.41) is 11.0. The van der Waals surface area contributed by atoms with Gasteiger partial charge in [0.15, 0.2) is 0 Å². The fourth-order valence-electron chi connectivity index (χ4n) is 3.51. The molecule has 1 atom stereocenters. The Bertz CT molecular complexity index is 1200. The van der Waals surface area contributed by atoms with E-state index >= 15 is 0 Å². The van der Waals surface area contributed by atoms with Gasteiger partial charge in [0.25, 0.3) is 5.91 Å². The van der Waals surface area contributed by atoms with Crippen LogP contribution in [0.5, 0.6) is 0 Å². The molecule has 1 aliphatic rings. The highest BCUT2D eigenvalue weighted by Crippen LogP contribution is 2.37. The number of para-hydroxylation sites is 1. The zero-order valence-corrected chi connectivity index (χ0v) is 18.4. The zero-order valence-electron chi connectivity index (χ0n) is 16.8. The van der Waals surface area contributed by atoms with Gasteiger partial charge in [0.05, 0.1) is 16.6 Å². The molecule has 1 fully saturated rings. The summed E-state index contributed by atoms with van der Waals surface area (Å²) in [6.45, 7) is 2.38. The monoisotopic (exact) mass is 460 g/mol. The van der Waals surface area contributed by atoms with Crippen molar-refractivity contribution in [2.24, 2.45) is 0 Å². The van der Waals surface area contributed by atoms with Crippen LogP contribution < -0.4 is 5.32 Å². The van der Waals surface area contributed by atoms with Crippen LogP contribution in [-0.4, -0.2) is 35.4 Å². The number of halogens is 1. The molecule has 0 spiro atoms. The third kappa shape index (κ3) is 4.36. The quantitative estimate of drug-likeness (QED) is 0.600. The van der Waals surface area contributed by atoms with Crippen LogP contribution in [0.3, 0.4) is 0 Å². The predicted molar refractivity (Wildman–Crippen MR) is 116 cm³/mol. The molecular weight excluding hydrogens is 439 g/mol. The summed E-state index contributed by atoms with van der Waals surface area (Å²) < 4.78 is 41.6. The summed E-state index contributed by atoms with van der Waals surface area (Å²) in [5.74, 6) is -1.14. The lowest BCUT2D eigenvalue weighted by molar-refractivity contribution is 0.102. The number of hydrogen-bond acceptors (Lipinski definition) is 6. The number of carbonyl (C=O) groups is 1. The van der Waals surface area contributed by atoms with Crippen molar-refractivity contribution >= 4 is 33.0 Å². The van der Waals surface area contributed by atoms with Gasteiger partial charge in [0.2, 0.25) is 15.0 Å². The molecule has 10 heteroatoms. The first-order chi connectivity index (χ1) is 14.9. The summed E-state index contributed by atoms with van der Waals surface area (Å²) in [5.41, 5.74) is 1.11. The Labute approximate surface area is 184 Å². The number of aromatic nitrogens is 2. The molecule has 31 heavy (non-hydrogen) atoms. The van der Waals surface area contributed by atoms with Gasteiger partial charge in [0, 0.05) is 6.54 Å². The molecule has 0 unspecified atom stereocenters. The lowest BCUT2D eigenvalue weighted by Gasteiger charge is -2.22. The number of anilines is 1. The van der Waals surface area contributed by atoms with Crippen LogP contribution in [0.15, 0.2) is 53.4 Å². The van der Waals surface area contributed by atoms with E-state index in [0.717, 1.165) is 23.3 Å². The predicted octanol–water partition coefficient (Wildman–Crippen LogP) is 4.02. The SMILES string of the molecule is CCc1ccc(S(=O)(=O)N2CCC[C@@H]2c2nnc(C(=O)Nc3ccccc3F)s2)cc1. The number of nitrogens with one attached hydrogen (secondary N) is 1. The van der Waals surface area contributed by atoms with Crippen molar-refractivity contribution in [3.8, 4) is 0 Å². The van der Waals surface area contributed by atoms with Crippen LogP contribution in [0.2, 0.25) is 0 Å². The van der Waals surface area contributed by atoms with Gasteiger partial charge in [-0.25, -0.2) is 12.8 Å². The highest BCUT2D eigenvalue weighted by atomic mass is 32.2. The van der Waals surface area contributed by atoms with E-state index < -0.39 is 27.8 Å². The van der Waals surface area contributed by atoms with Gasteiger partial charge in [0.1, 0.15) is 10.8 Å². The maximum absolute atomic E-state index is 13.8. The van der Waals surface area contributed by atoms with E-state index in [1.165, 1.54) is 22.5 Å².